The highest BCUT2D eigenvalue weighted by molar-refractivity contribution is 5.85. The molecule has 3 saturated heterocycles. The number of piperidine rings is 1. The Bertz CT molecular complexity index is 1150. The number of alkyl halides is 3. The van der Waals surface area contributed by atoms with Crippen molar-refractivity contribution in [3.8, 4) is 5.88 Å². The van der Waals surface area contributed by atoms with E-state index in [9.17, 15) is 18.3 Å². The zero-order valence-corrected chi connectivity index (χ0v) is 23.3. The van der Waals surface area contributed by atoms with Crippen LogP contribution < -0.4 is 4.74 Å². The van der Waals surface area contributed by atoms with Crippen LogP contribution in [0.4, 0.5) is 13.2 Å². The Kier molecular flexibility index (Phi) is 8.21. The molecule has 0 spiro atoms. The monoisotopic (exact) mass is 562 g/mol. The summed E-state index contributed by atoms with van der Waals surface area (Å²) in [7, 11) is 0. The van der Waals surface area contributed by atoms with Crippen LogP contribution in [0, 0.1) is 5.92 Å². The van der Waals surface area contributed by atoms with E-state index in [-0.39, 0.29) is 24.5 Å². The van der Waals surface area contributed by atoms with Crippen molar-refractivity contribution in [2.75, 3.05) is 13.2 Å². The minimum absolute atomic E-state index is 0.0520. The Balaban J connectivity index is 1.22. The molecular weight excluding hydrogens is 521 g/mol. The molecule has 1 saturated carbocycles. The summed E-state index contributed by atoms with van der Waals surface area (Å²) in [4.78, 5) is 16.7. The first kappa shape index (κ1) is 28.1. The molecule has 4 fully saturated rings. The van der Waals surface area contributed by atoms with Crippen LogP contribution >= 0.6 is 0 Å². The fourth-order valence-electron chi connectivity index (χ4n) is 7.51. The van der Waals surface area contributed by atoms with Crippen LogP contribution in [0.15, 0.2) is 12.4 Å². The summed E-state index contributed by atoms with van der Waals surface area (Å²) in [5.41, 5.74) is 1.71. The molecule has 2 aromatic rings. The molecule has 1 aliphatic carbocycles. The fraction of sp³-hybridized carbons (Fsp3) is 0.767. The first-order valence-electron chi connectivity index (χ1n) is 15.1. The maximum Gasteiger partial charge on any atom is 0.389 e. The Hall–Kier alpha value is -2.04. The molecule has 4 aliphatic rings. The molecule has 7 nitrogen and oxygen atoms in total. The van der Waals surface area contributed by atoms with Crippen molar-refractivity contribution < 1.29 is 27.8 Å². The lowest BCUT2D eigenvalue weighted by Crippen LogP contribution is -2.49. The third-order valence-electron chi connectivity index (χ3n) is 9.47. The molecule has 5 heterocycles. The first-order chi connectivity index (χ1) is 19.2. The van der Waals surface area contributed by atoms with Crippen LogP contribution in [-0.2, 0) is 11.2 Å². The molecular formula is C30H41F3N4O3. The van der Waals surface area contributed by atoms with Crippen LogP contribution in [0.2, 0.25) is 0 Å². The number of halogens is 3. The highest BCUT2D eigenvalue weighted by Gasteiger charge is 2.43. The number of hydrogen-bond acceptors (Lipinski definition) is 7. The molecule has 6 rings (SSSR count). The van der Waals surface area contributed by atoms with Gasteiger partial charge in [-0.05, 0) is 76.0 Å². The van der Waals surface area contributed by atoms with Gasteiger partial charge in [-0.15, -0.1) is 0 Å². The predicted octanol–water partition coefficient (Wildman–Crippen LogP) is 5.73. The second-order valence-corrected chi connectivity index (χ2v) is 12.6. The van der Waals surface area contributed by atoms with Gasteiger partial charge in [0.05, 0.1) is 23.1 Å². The summed E-state index contributed by atoms with van der Waals surface area (Å²) in [6.45, 7) is 3.48. The quantitative estimate of drug-likeness (QED) is 0.440. The van der Waals surface area contributed by atoms with Gasteiger partial charge in [0.1, 0.15) is 11.9 Å². The normalized spacial score (nSPS) is 32.0. The number of pyridine rings is 1. The van der Waals surface area contributed by atoms with Gasteiger partial charge >= 0.3 is 6.18 Å². The molecule has 3 aliphatic heterocycles. The maximum atomic E-state index is 13.0. The van der Waals surface area contributed by atoms with E-state index in [0.29, 0.717) is 29.9 Å². The Morgan fingerprint density at radius 3 is 2.48 bits per heavy atom. The Morgan fingerprint density at radius 1 is 1.05 bits per heavy atom. The van der Waals surface area contributed by atoms with Gasteiger partial charge in [0.25, 0.3) is 0 Å². The van der Waals surface area contributed by atoms with Gasteiger partial charge in [-0.1, -0.05) is 6.92 Å². The van der Waals surface area contributed by atoms with Crippen molar-refractivity contribution in [1.29, 1.82) is 0 Å². The molecule has 1 unspecified atom stereocenters. The molecule has 1 N–H and O–H groups in total. The lowest BCUT2D eigenvalue weighted by molar-refractivity contribution is -0.143. The van der Waals surface area contributed by atoms with Gasteiger partial charge in [-0.25, -0.2) is 15.0 Å². The third-order valence-corrected chi connectivity index (χ3v) is 9.47. The molecule has 2 bridgehead atoms. The van der Waals surface area contributed by atoms with E-state index >= 15 is 0 Å². The highest BCUT2D eigenvalue weighted by atomic mass is 19.4. The SMILES string of the molecule is C[C@H](Cc1ncc2c(OC3C[C@H]4CC[C@@H](C3)N4C[C@@H]3CCCO3)ncc(C3CCC(O)CC3)c2n1)CC(F)(F)F. The number of nitrogens with zero attached hydrogens (tertiary/aromatic N) is 4. The van der Waals surface area contributed by atoms with Gasteiger partial charge in [0.15, 0.2) is 0 Å². The summed E-state index contributed by atoms with van der Waals surface area (Å²) < 4.78 is 51.4. The third kappa shape index (κ3) is 6.39. The zero-order chi connectivity index (χ0) is 27.9. The number of aromatic nitrogens is 3. The first-order valence-corrected chi connectivity index (χ1v) is 15.1. The van der Waals surface area contributed by atoms with E-state index in [0.717, 1.165) is 81.0 Å². The van der Waals surface area contributed by atoms with E-state index in [4.69, 9.17) is 19.4 Å². The van der Waals surface area contributed by atoms with E-state index in [1.165, 1.54) is 12.8 Å². The van der Waals surface area contributed by atoms with Crippen molar-refractivity contribution in [2.45, 2.75) is 126 Å². The Labute approximate surface area is 233 Å². The molecule has 0 aromatic carbocycles. The molecule has 5 atom stereocenters. The van der Waals surface area contributed by atoms with Gasteiger partial charge in [-0.3, -0.25) is 4.90 Å². The summed E-state index contributed by atoms with van der Waals surface area (Å²) >= 11 is 0. The maximum absolute atomic E-state index is 13.0. The van der Waals surface area contributed by atoms with Crippen molar-refractivity contribution in [3.63, 3.8) is 0 Å². The van der Waals surface area contributed by atoms with E-state index < -0.39 is 18.5 Å². The average molecular weight is 563 g/mol. The summed E-state index contributed by atoms with van der Waals surface area (Å²) in [5.74, 6) is 0.513. The van der Waals surface area contributed by atoms with Crippen molar-refractivity contribution >= 4 is 10.9 Å². The van der Waals surface area contributed by atoms with Crippen molar-refractivity contribution in [1.82, 2.24) is 19.9 Å². The average Bonchev–Trinajstić information content (AvgIpc) is 3.49. The number of hydrogen-bond donors (Lipinski definition) is 1. The molecule has 220 valence electrons. The summed E-state index contributed by atoms with van der Waals surface area (Å²) in [6.07, 6.45) is 8.40. The minimum atomic E-state index is -4.21. The van der Waals surface area contributed by atoms with E-state index in [1.807, 2.05) is 6.20 Å². The van der Waals surface area contributed by atoms with Gasteiger partial charge in [0.2, 0.25) is 5.88 Å². The van der Waals surface area contributed by atoms with Crippen molar-refractivity contribution in [3.05, 3.63) is 23.8 Å². The predicted molar refractivity (Wildman–Crippen MR) is 144 cm³/mol. The van der Waals surface area contributed by atoms with E-state index in [2.05, 4.69) is 9.88 Å². The van der Waals surface area contributed by atoms with Crippen LogP contribution in [0.25, 0.3) is 10.9 Å². The highest BCUT2D eigenvalue weighted by Crippen LogP contribution is 2.41. The standard InChI is InChI=1S/C30H41F3N4O3/c1-18(14-30(31,32)33)11-27-34-16-26-28(36-27)25(19-4-8-22(38)9-5-19)15-35-29(26)40-24-12-20-6-7-21(13-24)37(20)17-23-3-2-10-39-23/h15-16,18-24,38H,2-14,17H2,1H3/t18-,19?,20-,21+,22?,23+,24?/m1/s1. The van der Waals surface area contributed by atoms with Crippen LogP contribution in [0.1, 0.15) is 94.9 Å². The lowest BCUT2D eigenvalue weighted by atomic mass is 9.82. The summed E-state index contributed by atoms with van der Waals surface area (Å²) in [5, 5.41) is 10.8. The Morgan fingerprint density at radius 2 is 1.80 bits per heavy atom. The number of aliphatic hydroxyl groups is 1. The van der Waals surface area contributed by atoms with E-state index in [1.54, 1.807) is 13.1 Å². The van der Waals surface area contributed by atoms with Gasteiger partial charge in [0, 0.05) is 56.0 Å². The number of fused-ring (bicyclic) bond motifs is 3. The number of ether oxygens (including phenoxy) is 2. The molecule has 0 amide bonds. The number of rotatable bonds is 8. The second-order valence-electron chi connectivity index (χ2n) is 12.6. The molecule has 40 heavy (non-hydrogen) atoms. The van der Waals surface area contributed by atoms with Gasteiger partial charge < -0.3 is 14.6 Å². The number of aliphatic hydroxyl groups excluding tert-OH is 1. The van der Waals surface area contributed by atoms with Crippen molar-refractivity contribution in [2.24, 2.45) is 5.92 Å². The zero-order valence-electron chi connectivity index (χ0n) is 23.3. The molecule has 2 aromatic heterocycles. The van der Waals surface area contributed by atoms with Gasteiger partial charge in [-0.2, -0.15) is 13.2 Å². The smallest absolute Gasteiger partial charge is 0.389 e. The topological polar surface area (TPSA) is 80.6 Å². The largest absolute Gasteiger partial charge is 0.474 e. The van der Waals surface area contributed by atoms with Crippen LogP contribution in [0.5, 0.6) is 5.88 Å². The molecule has 0 radical (unpaired) electrons. The van der Waals surface area contributed by atoms with Crippen LogP contribution in [0.3, 0.4) is 0 Å². The second kappa shape index (κ2) is 11.7. The summed E-state index contributed by atoms with van der Waals surface area (Å²) in [6, 6.07) is 0.982. The fourth-order valence-corrected chi connectivity index (χ4v) is 7.51. The van der Waals surface area contributed by atoms with Crippen LogP contribution in [-0.4, -0.2) is 74.7 Å². The minimum Gasteiger partial charge on any atom is -0.474 e. The molecule has 10 heteroatoms. The lowest BCUT2D eigenvalue weighted by Gasteiger charge is -2.39.